The Kier molecular flexibility index (Phi) is 5.35. The average molecular weight is 165 g/mol. The second-order valence-corrected chi connectivity index (χ2v) is 2.91. The summed E-state index contributed by atoms with van der Waals surface area (Å²) in [5, 5.41) is 0. The van der Waals surface area contributed by atoms with Crippen molar-refractivity contribution in [1.29, 1.82) is 0 Å². The van der Waals surface area contributed by atoms with Gasteiger partial charge in [0, 0.05) is 11.9 Å². The monoisotopic (exact) mass is 165 g/mol. The molecule has 0 aliphatic heterocycles. The number of nitrogens with zero attached hydrogens (tertiary/aromatic N) is 1. The minimum absolute atomic E-state index is 0.542. The van der Waals surface area contributed by atoms with Crippen LogP contribution in [-0.4, -0.2) is 4.98 Å². The molecule has 0 bridgehead atoms. The number of hydrogen-bond acceptors (Lipinski definition) is 1. The summed E-state index contributed by atoms with van der Waals surface area (Å²) in [6.45, 7) is 10.4. The first kappa shape index (κ1) is 11.2. The van der Waals surface area contributed by atoms with Crippen LogP contribution in [0, 0.1) is 6.92 Å². The van der Waals surface area contributed by atoms with Crippen molar-refractivity contribution in [3.05, 3.63) is 29.6 Å². The molecular formula is C11H19N. The van der Waals surface area contributed by atoms with Gasteiger partial charge in [-0.15, -0.1) is 0 Å². The minimum Gasteiger partial charge on any atom is -0.261 e. The van der Waals surface area contributed by atoms with Gasteiger partial charge in [0.25, 0.3) is 0 Å². The van der Waals surface area contributed by atoms with Crippen molar-refractivity contribution in [3.8, 4) is 0 Å². The molecule has 0 radical (unpaired) electrons. The smallest absolute Gasteiger partial charge is 0.0431 e. The molecule has 12 heavy (non-hydrogen) atoms. The van der Waals surface area contributed by atoms with E-state index < -0.39 is 0 Å². The second kappa shape index (κ2) is 5.76. The molecule has 0 unspecified atom stereocenters. The van der Waals surface area contributed by atoms with Crippen LogP contribution in [0.15, 0.2) is 18.3 Å². The van der Waals surface area contributed by atoms with Crippen molar-refractivity contribution in [3.63, 3.8) is 0 Å². The normalized spacial score (nSPS) is 9.17. The quantitative estimate of drug-likeness (QED) is 0.620. The van der Waals surface area contributed by atoms with Gasteiger partial charge in [-0.1, -0.05) is 27.7 Å². The van der Waals surface area contributed by atoms with E-state index in [9.17, 15) is 0 Å². The molecular weight excluding hydrogens is 146 g/mol. The van der Waals surface area contributed by atoms with E-state index in [-0.39, 0.29) is 0 Å². The molecule has 1 aromatic heterocycles. The number of aromatic nitrogens is 1. The number of rotatable bonds is 1. The van der Waals surface area contributed by atoms with Gasteiger partial charge in [0.05, 0.1) is 0 Å². The Morgan fingerprint density at radius 1 is 1.25 bits per heavy atom. The van der Waals surface area contributed by atoms with Gasteiger partial charge in [0.2, 0.25) is 0 Å². The molecule has 0 amide bonds. The molecule has 0 atom stereocenters. The highest BCUT2D eigenvalue weighted by molar-refractivity contribution is 5.16. The Morgan fingerprint density at radius 3 is 2.17 bits per heavy atom. The Balaban J connectivity index is 0.000000561. The predicted molar refractivity (Wildman–Crippen MR) is 54.4 cm³/mol. The van der Waals surface area contributed by atoms with Crippen LogP contribution in [0.1, 0.15) is 44.9 Å². The van der Waals surface area contributed by atoms with Crippen LogP contribution >= 0.6 is 0 Å². The highest BCUT2D eigenvalue weighted by Gasteiger charge is 1.98. The zero-order valence-electron chi connectivity index (χ0n) is 8.76. The van der Waals surface area contributed by atoms with Gasteiger partial charge in [-0.3, -0.25) is 4.98 Å². The van der Waals surface area contributed by atoms with Crippen LogP contribution in [0.5, 0.6) is 0 Å². The molecule has 1 heterocycles. The van der Waals surface area contributed by atoms with Crippen molar-refractivity contribution in [2.75, 3.05) is 0 Å². The third-order valence-corrected chi connectivity index (χ3v) is 1.53. The van der Waals surface area contributed by atoms with Crippen LogP contribution in [-0.2, 0) is 0 Å². The van der Waals surface area contributed by atoms with Gasteiger partial charge in [0.1, 0.15) is 0 Å². The molecule has 0 saturated heterocycles. The fourth-order valence-electron chi connectivity index (χ4n) is 0.875. The molecule has 1 heteroatoms. The SMILES string of the molecule is CC.Cc1ccnc(C(C)C)c1. The summed E-state index contributed by atoms with van der Waals surface area (Å²) in [7, 11) is 0. The van der Waals surface area contributed by atoms with E-state index in [1.54, 1.807) is 0 Å². The maximum Gasteiger partial charge on any atom is 0.0431 e. The summed E-state index contributed by atoms with van der Waals surface area (Å²) in [6, 6.07) is 4.15. The summed E-state index contributed by atoms with van der Waals surface area (Å²) < 4.78 is 0. The first-order valence-corrected chi connectivity index (χ1v) is 4.62. The van der Waals surface area contributed by atoms with Crippen molar-refractivity contribution in [1.82, 2.24) is 4.98 Å². The first-order chi connectivity index (χ1) is 5.70. The minimum atomic E-state index is 0.542. The predicted octanol–water partition coefficient (Wildman–Crippen LogP) is 3.54. The lowest BCUT2D eigenvalue weighted by atomic mass is 10.1. The molecule has 0 saturated carbocycles. The van der Waals surface area contributed by atoms with E-state index >= 15 is 0 Å². The average Bonchev–Trinajstić information content (AvgIpc) is 2.08. The van der Waals surface area contributed by atoms with Gasteiger partial charge in [0.15, 0.2) is 0 Å². The van der Waals surface area contributed by atoms with Crippen LogP contribution < -0.4 is 0 Å². The lowest BCUT2D eigenvalue weighted by molar-refractivity contribution is 0.820. The zero-order valence-corrected chi connectivity index (χ0v) is 8.76. The number of pyridine rings is 1. The zero-order chi connectivity index (χ0) is 9.56. The van der Waals surface area contributed by atoms with E-state index in [4.69, 9.17) is 0 Å². The maximum absolute atomic E-state index is 4.24. The van der Waals surface area contributed by atoms with E-state index in [0.717, 1.165) is 0 Å². The fraction of sp³-hybridized carbons (Fsp3) is 0.545. The molecule has 1 aromatic rings. The lowest BCUT2D eigenvalue weighted by Crippen LogP contribution is -1.91. The van der Waals surface area contributed by atoms with E-state index in [0.29, 0.717) is 5.92 Å². The van der Waals surface area contributed by atoms with Crippen molar-refractivity contribution in [2.45, 2.75) is 40.5 Å². The van der Waals surface area contributed by atoms with Gasteiger partial charge >= 0.3 is 0 Å². The maximum atomic E-state index is 4.24. The molecule has 1 nitrogen and oxygen atoms in total. The Bertz CT molecular complexity index is 216. The first-order valence-electron chi connectivity index (χ1n) is 4.62. The second-order valence-electron chi connectivity index (χ2n) is 2.91. The summed E-state index contributed by atoms with van der Waals surface area (Å²) in [5.41, 5.74) is 2.47. The molecule has 0 N–H and O–H groups in total. The molecule has 0 spiro atoms. The molecule has 1 rings (SSSR count). The van der Waals surface area contributed by atoms with Crippen LogP contribution in [0.3, 0.4) is 0 Å². The van der Waals surface area contributed by atoms with Gasteiger partial charge < -0.3 is 0 Å². The Labute approximate surface area is 75.8 Å². The standard InChI is InChI=1S/C9H13N.C2H6/c1-7(2)9-6-8(3)4-5-10-9;1-2/h4-7H,1-3H3;1-2H3. The molecule has 0 aliphatic rings. The molecule has 0 aliphatic carbocycles. The molecule has 0 aromatic carbocycles. The topological polar surface area (TPSA) is 12.9 Å². The summed E-state index contributed by atoms with van der Waals surface area (Å²) >= 11 is 0. The Morgan fingerprint density at radius 2 is 1.83 bits per heavy atom. The van der Waals surface area contributed by atoms with E-state index in [1.807, 2.05) is 26.1 Å². The highest BCUT2D eigenvalue weighted by Crippen LogP contribution is 2.11. The Hall–Kier alpha value is -0.850. The summed E-state index contributed by atoms with van der Waals surface area (Å²) in [4.78, 5) is 4.24. The van der Waals surface area contributed by atoms with E-state index in [2.05, 4.69) is 31.8 Å². The number of hydrogen-bond donors (Lipinski definition) is 0. The third kappa shape index (κ3) is 3.51. The van der Waals surface area contributed by atoms with Crippen molar-refractivity contribution in [2.24, 2.45) is 0 Å². The van der Waals surface area contributed by atoms with Crippen LogP contribution in [0.4, 0.5) is 0 Å². The summed E-state index contributed by atoms with van der Waals surface area (Å²) in [6.07, 6.45) is 1.87. The van der Waals surface area contributed by atoms with Gasteiger partial charge in [-0.2, -0.15) is 0 Å². The lowest BCUT2D eigenvalue weighted by Gasteiger charge is -2.03. The van der Waals surface area contributed by atoms with Crippen molar-refractivity contribution < 1.29 is 0 Å². The van der Waals surface area contributed by atoms with E-state index in [1.165, 1.54) is 11.3 Å². The molecule has 0 fully saturated rings. The summed E-state index contributed by atoms with van der Waals surface area (Å²) in [5.74, 6) is 0.542. The number of aryl methyl sites for hydroxylation is 1. The largest absolute Gasteiger partial charge is 0.261 e. The van der Waals surface area contributed by atoms with Gasteiger partial charge in [-0.05, 0) is 30.5 Å². The molecule has 68 valence electrons. The van der Waals surface area contributed by atoms with Crippen LogP contribution in [0.25, 0.3) is 0 Å². The highest BCUT2D eigenvalue weighted by atomic mass is 14.7. The van der Waals surface area contributed by atoms with Gasteiger partial charge in [-0.25, -0.2) is 0 Å². The van der Waals surface area contributed by atoms with Crippen molar-refractivity contribution >= 4 is 0 Å². The van der Waals surface area contributed by atoms with Crippen LogP contribution in [0.2, 0.25) is 0 Å². The third-order valence-electron chi connectivity index (χ3n) is 1.53. The fourth-order valence-corrected chi connectivity index (χ4v) is 0.875.